The molecule has 146 valence electrons. The third-order valence-electron chi connectivity index (χ3n) is 5.67. The molecule has 2 aromatic heterocycles. The zero-order chi connectivity index (χ0) is 19.8. The van der Waals surface area contributed by atoms with Gasteiger partial charge in [-0.25, -0.2) is 4.79 Å². The van der Waals surface area contributed by atoms with Gasteiger partial charge in [-0.3, -0.25) is 0 Å². The highest BCUT2D eigenvalue weighted by molar-refractivity contribution is 9.10. The van der Waals surface area contributed by atoms with Crippen LogP contribution in [0.1, 0.15) is 16.0 Å². The summed E-state index contributed by atoms with van der Waals surface area (Å²) in [7, 11) is 0. The maximum absolute atomic E-state index is 11.5. The van der Waals surface area contributed by atoms with Gasteiger partial charge in [0.1, 0.15) is 12.4 Å². The van der Waals surface area contributed by atoms with E-state index in [1.54, 1.807) is 17.4 Å². The number of ether oxygens (including phenoxy) is 1. The van der Waals surface area contributed by atoms with Crippen molar-refractivity contribution in [3.63, 3.8) is 0 Å². The predicted molar refractivity (Wildman–Crippen MR) is 116 cm³/mol. The quantitative estimate of drug-likeness (QED) is 0.368. The van der Waals surface area contributed by atoms with Gasteiger partial charge in [0.15, 0.2) is 11.2 Å². The molecule has 1 unspecified atom stereocenters. The molecule has 0 bridgehead atoms. The summed E-state index contributed by atoms with van der Waals surface area (Å²) in [5, 5.41) is 0. The molecule has 2 aliphatic heterocycles. The van der Waals surface area contributed by atoms with Gasteiger partial charge in [-0.2, -0.15) is 0 Å². The van der Waals surface area contributed by atoms with E-state index >= 15 is 0 Å². The first-order valence-corrected chi connectivity index (χ1v) is 11.0. The summed E-state index contributed by atoms with van der Waals surface area (Å²) < 4.78 is 18.2. The van der Waals surface area contributed by atoms with Crippen LogP contribution in [0.3, 0.4) is 0 Å². The Morgan fingerprint density at radius 2 is 2.00 bits per heavy atom. The Balaban J connectivity index is 1.53. The summed E-state index contributed by atoms with van der Waals surface area (Å²) in [5.41, 5.74) is 3.84. The smallest absolute Gasteiger partial charge is 0.492 e. The molecule has 0 aliphatic carbocycles. The van der Waals surface area contributed by atoms with Crippen molar-refractivity contribution in [2.45, 2.75) is 12.0 Å². The average Bonchev–Trinajstić information content (AvgIpc) is 3.42. The summed E-state index contributed by atoms with van der Waals surface area (Å²) in [6, 6.07) is 13.9. The van der Waals surface area contributed by atoms with Crippen LogP contribution in [-0.2, 0) is 12.0 Å². The van der Waals surface area contributed by atoms with E-state index in [1.165, 1.54) is 10.4 Å². The van der Waals surface area contributed by atoms with Gasteiger partial charge in [0, 0.05) is 38.8 Å². The fraction of sp³-hybridized carbons (Fsp3) is 0.190. The summed E-state index contributed by atoms with van der Waals surface area (Å²) in [4.78, 5) is 15.1. The Labute approximate surface area is 182 Å². The van der Waals surface area contributed by atoms with Gasteiger partial charge in [0.05, 0.1) is 16.3 Å². The second-order valence-electron chi connectivity index (χ2n) is 7.32. The van der Waals surface area contributed by atoms with Crippen LogP contribution in [0.5, 0.6) is 5.75 Å². The van der Waals surface area contributed by atoms with E-state index in [2.05, 4.69) is 39.0 Å². The number of benzene rings is 2. The van der Waals surface area contributed by atoms with Crippen molar-refractivity contribution in [3.05, 3.63) is 77.9 Å². The Morgan fingerprint density at radius 3 is 2.79 bits per heavy atom. The van der Waals surface area contributed by atoms with Crippen LogP contribution < -0.4 is 15.5 Å². The molecule has 0 saturated heterocycles. The number of rotatable bonds is 2. The summed E-state index contributed by atoms with van der Waals surface area (Å²) >= 11 is 11.5. The topological polar surface area (TPSA) is 55.8 Å². The van der Waals surface area contributed by atoms with Gasteiger partial charge in [0.25, 0.3) is 0 Å². The summed E-state index contributed by atoms with van der Waals surface area (Å²) in [6.07, 6.45) is 0. The van der Waals surface area contributed by atoms with E-state index < -0.39 is 5.82 Å². The number of thiophene rings is 1. The fourth-order valence-electron chi connectivity index (χ4n) is 4.52. The number of halogens is 2. The molecule has 2 aliphatic rings. The number of hydrogen-bond acceptors (Lipinski definition) is 6. The molecule has 1 atom stereocenters. The van der Waals surface area contributed by atoms with Gasteiger partial charge in [-0.1, -0.05) is 33.6 Å². The van der Waals surface area contributed by atoms with Gasteiger partial charge in [-0.15, -0.1) is 11.3 Å². The summed E-state index contributed by atoms with van der Waals surface area (Å²) in [6.45, 7) is 2.03. The number of fused-ring (bicyclic) bond motifs is 5. The fourth-order valence-corrected chi connectivity index (χ4v) is 6.36. The molecular weight excluding hydrogens is 478 g/mol. The van der Waals surface area contributed by atoms with E-state index in [1.807, 2.05) is 18.2 Å². The first-order valence-electron chi connectivity index (χ1n) is 9.03. The molecule has 29 heavy (non-hydrogen) atoms. The van der Waals surface area contributed by atoms with Crippen LogP contribution in [0.15, 0.2) is 60.6 Å². The van der Waals surface area contributed by atoms with E-state index in [9.17, 15) is 4.79 Å². The zero-order valence-electron chi connectivity index (χ0n) is 14.9. The number of anilines is 1. The maximum atomic E-state index is 11.5. The minimum atomic E-state index is -0.707. The first-order chi connectivity index (χ1) is 14.0. The third kappa shape index (κ3) is 2.54. The lowest BCUT2D eigenvalue weighted by molar-refractivity contribution is 0.298. The Morgan fingerprint density at radius 1 is 1.17 bits per heavy atom. The maximum Gasteiger partial charge on any atom is 0.519 e. The second-order valence-corrected chi connectivity index (χ2v) is 9.97. The zero-order valence-corrected chi connectivity index (χ0v) is 18.1. The Hall–Kier alpha value is -2.22. The van der Waals surface area contributed by atoms with Crippen molar-refractivity contribution >= 4 is 55.7 Å². The van der Waals surface area contributed by atoms with Gasteiger partial charge < -0.3 is 18.5 Å². The van der Waals surface area contributed by atoms with Gasteiger partial charge in [0.2, 0.25) is 0 Å². The largest absolute Gasteiger partial charge is 0.519 e. The first kappa shape index (κ1) is 17.6. The molecule has 0 radical (unpaired) electrons. The van der Waals surface area contributed by atoms with Crippen LogP contribution in [0.25, 0.3) is 11.2 Å². The van der Waals surface area contributed by atoms with Crippen molar-refractivity contribution in [2.75, 3.05) is 18.1 Å². The normalized spacial score (nSPS) is 19.7. The van der Waals surface area contributed by atoms with Crippen LogP contribution in [0.2, 0.25) is 4.34 Å². The van der Waals surface area contributed by atoms with Gasteiger partial charge in [-0.05, 0) is 30.3 Å². The molecule has 1 spiro atoms. The molecule has 0 fully saturated rings. The number of hydrogen-bond donors (Lipinski definition) is 0. The minimum absolute atomic E-state index is 0.365. The highest BCUT2D eigenvalue weighted by Gasteiger charge is 2.51. The predicted octanol–water partition coefficient (Wildman–Crippen LogP) is 5.56. The highest BCUT2D eigenvalue weighted by atomic mass is 79.9. The van der Waals surface area contributed by atoms with Crippen molar-refractivity contribution in [1.82, 2.24) is 0 Å². The summed E-state index contributed by atoms with van der Waals surface area (Å²) in [5.74, 6) is 0.0201. The molecule has 2 aromatic carbocycles. The van der Waals surface area contributed by atoms with Crippen molar-refractivity contribution in [1.29, 1.82) is 0 Å². The van der Waals surface area contributed by atoms with Gasteiger partial charge >= 0.3 is 5.82 Å². The minimum Gasteiger partial charge on any atom is -0.492 e. The lowest BCUT2D eigenvalue weighted by Crippen LogP contribution is -2.36. The average molecular weight is 491 g/mol. The van der Waals surface area contributed by atoms with E-state index in [0.29, 0.717) is 17.8 Å². The monoisotopic (exact) mass is 489 g/mol. The van der Waals surface area contributed by atoms with Crippen molar-refractivity contribution in [2.24, 2.45) is 0 Å². The van der Waals surface area contributed by atoms with Crippen LogP contribution in [0, 0.1) is 0 Å². The molecule has 0 saturated carbocycles. The molecule has 6 rings (SSSR count). The third-order valence-corrected chi connectivity index (χ3v) is 7.55. The Bertz CT molecular complexity index is 1340. The SMILES string of the molecule is O=c1oc2cc3c(cc2o1)C1(CO3)CN(Cc2ccc(Cl)s2)c2cccc(Br)c21. The van der Waals surface area contributed by atoms with Crippen molar-refractivity contribution in [3.8, 4) is 5.75 Å². The molecule has 0 amide bonds. The number of nitrogens with zero attached hydrogens (tertiary/aromatic N) is 1. The Kier molecular flexibility index (Phi) is 3.73. The second kappa shape index (κ2) is 6.14. The molecule has 8 heteroatoms. The highest BCUT2D eigenvalue weighted by Crippen LogP contribution is 2.54. The standard InChI is InChI=1S/C21H13BrClNO4S/c22-13-2-1-3-14-19(13)21(9-24(14)8-11-4-5-18(23)29-11)10-26-15-7-17-16(6-12(15)21)27-20(25)28-17/h1-7H,8-10H2. The molecular formula is C21H13BrClNO4S. The lowest BCUT2D eigenvalue weighted by Gasteiger charge is -2.25. The van der Waals surface area contributed by atoms with Crippen LogP contribution >= 0.6 is 38.9 Å². The molecule has 0 N–H and O–H groups in total. The van der Waals surface area contributed by atoms with Crippen LogP contribution in [-0.4, -0.2) is 13.2 Å². The van der Waals surface area contributed by atoms with Crippen LogP contribution in [0.4, 0.5) is 5.69 Å². The molecule has 5 nitrogen and oxygen atoms in total. The van der Waals surface area contributed by atoms with E-state index in [0.717, 1.165) is 38.9 Å². The van der Waals surface area contributed by atoms with Crippen molar-refractivity contribution < 1.29 is 13.6 Å². The van der Waals surface area contributed by atoms with E-state index in [4.69, 9.17) is 25.2 Å². The molecule has 4 aromatic rings. The molecule has 4 heterocycles. The lowest BCUT2D eigenvalue weighted by atomic mass is 9.78. The van der Waals surface area contributed by atoms with E-state index in [-0.39, 0.29) is 5.41 Å².